The van der Waals surface area contributed by atoms with Crippen LogP contribution in [0.2, 0.25) is 0 Å². The molecular formula is C31H40FN5O5. The lowest BCUT2D eigenvalue weighted by molar-refractivity contribution is -0.128. The fourth-order valence-electron chi connectivity index (χ4n) is 6.36. The highest BCUT2D eigenvalue weighted by Crippen LogP contribution is 2.29. The zero-order chi connectivity index (χ0) is 30.1. The third kappa shape index (κ3) is 5.54. The molecule has 3 aliphatic heterocycles. The third-order valence-electron chi connectivity index (χ3n) is 8.54. The standard InChI is InChI=1S/C31H40FN5O5/c1-5-9-23-20(6-2)16-35(28(23)38)21-10-7-12-34(17-21)30(40)33-26-14-24-27(15-25(26)32)37(19(3)4)31(41)36(29(24)39)18-22-11-8-13-42-22/h5,9,14-15,19,21-22H,6-8,10-13,16-18H2,1-4H3,(H,33,40)/b9-5-/t21-,22?/m1/s1. The van der Waals surface area contributed by atoms with E-state index in [1.54, 1.807) is 18.7 Å². The smallest absolute Gasteiger partial charge is 0.331 e. The van der Waals surface area contributed by atoms with Gasteiger partial charge in [-0.05, 0) is 64.5 Å². The van der Waals surface area contributed by atoms with Crippen LogP contribution >= 0.6 is 0 Å². The number of nitrogens with one attached hydrogen (secondary N) is 1. The average Bonchev–Trinajstić information content (AvgIpc) is 3.60. The lowest BCUT2D eigenvalue weighted by Gasteiger charge is -2.37. The number of aromatic nitrogens is 2. The van der Waals surface area contributed by atoms with Crippen molar-refractivity contribution >= 4 is 28.5 Å². The van der Waals surface area contributed by atoms with Gasteiger partial charge in [0.1, 0.15) is 5.82 Å². The Morgan fingerprint density at radius 1 is 1.19 bits per heavy atom. The van der Waals surface area contributed by atoms with Crippen molar-refractivity contribution < 1.29 is 18.7 Å². The third-order valence-corrected chi connectivity index (χ3v) is 8.54. The first-order valence-electron chi connectivity index (χ1n) is 15.0. The van der Waals surface area contributed by atoms with Gasteiger partial charge in [-0.3, -0.25) is 18.7 Å². The van der Waals surface area contributed by atoms with Gasteiger partial charge < -0.3 is 19.9 Å². The second kappa shape index (κ2) is 12.2. The van der Waals surface area contributed by atoms with Gasteiger partial charge in [0.2, 0.25) is 0 Å². The van der Waals surface area contributed by atoms with Gasteiger partial charge in [-0.25, -0.2) is 14.0 Å². The summed E-state index contributed by atoms with van der Waals surface area (Å²) in [5.41, 5.74) is 0.809. The summed E-state index contributed by atoms with van der Waals surface area (Å²) in [6.45, 7) is 9.57. The molecule has 3 amide bonds. The Balaban J connectivity index is 1.40. The minimum Gasteiger partial charge on any atom is -0.376 e. The summed E-state index contributed by atoms with van der Waals surface area (Å²) in [4.78, 5) is 56.8. The molecule has 226 valence electrons. The number of ether oxygens (including phenoxy) is 1. The number of benzene rings is 1. The van der Waals surface area contributed by atoms with Crippen LogP contribution in [0.5, 0.6) is 0 Å². The van der Waals surface area contributed by atoms with Crippen molar-refractivity contribution in [1.82, 2.24) is 18.9 Å². The molecule has 0 aliphatic carbocycles. The zero-order valence-electron chi connectivity index (χ0n) is 24.8. The monoisotopic (exact) mass is 581 g/mol. The van der Waals surface area contributed by atoms with Gasteiger partial charge in [0, 0.05) is 43.9 Å². The first-order chi connectivity index (χ1) is 20.1. The fraction of sp³-hybridized carbons (Fsp3) is 0.548. The van der Waals surface area contributed by atoms with Crippen LogP contribution < -0.4 is 16.6 Å². The predicted octanol–water partition coefficient (Wildman–Crippen LogP) is 4.18. The number of anilines is 1. The molecule has 0 saturated carbocycles. The number of nitrogens with zero attached hydrogens (tertiary/aromatic N) is 4. The summed E-state index contributed by atoms with van der Waals surface area (Å²) < 4.78 is 23.6. The van der Waals surface area contributed by atoms with Gasteiger partial charge in [-0.1, -0.05) is 19.1 Å². The van der Waals surface area contributed by atoms with Gasteiger partial charge in [0.15, 0.2) is 0 Å². The highest BCUT2D eigenvalue weighted by molar-refractivity contribution is 6.00. The number of fused-ring (bicyclic) bond motifs is 1. The van der Waals surface area contributed by atoms with Crippen molar-refractivity contribution in [2.24, 2.45) is 0 Å². The lowest BCUT2D eigenvalue weighted by atomic mass is 10.0. The maximum Gasteiger partial charge on any atom is 0.331 e. The number of urea groups is 1. The van der Waals surface area contributed by atoms with E-state index < -0.39 is 23.1 Å². The van der Waals surface area contributed by atoms with E-state index in [-0.39, 0.29) is 47.2 Å². The molecule has 1 aromatic heterocycles. The minimum atomic E-state index is -0.739. The Hall–Kier alpha value is -3.73. The molecular weight excluding hydrogens is 541 g/mol. The maximum atomic E-state index is 15.4. The van der Waals surface area contributed by atoms with Crippen LogP contribution in [0.3, 0.4) is 0 Å². The highest BCUT2D eigenvalue weighted by atomic mass is 19.1. The van der Waals surface area contributed by atoms with E-state index in [9.17, 15) is 19.2 Å². The van der Waals surface area contributed by atoms with Crippen LogP contribution in [0.15, 0.2) is 45.0 Å². The maximum absolute atomic E-state index is 15.4. The molecule has 2 saturated heterocycles. The molecule has 4 heterocycles. The number of halogens is 1. The number of piperidine rings is 1. The average molecular weight is 582 g/mol. The summed E-state index contributed by atoms with van der Waals surface area (Å²) in [7, 11) is 0. The van der Waals surface area contributed by atoms with E-state index in [1.807, 2.05) is 30.9 Å². The van der Waals surface area contributed by atoms with E-state index in [0.717, 1.165) is 47.5 Å². The molecule has 0 radical (unpaired) electrons. The molecule has 0 spiro atoms. The molecule has 11 heteroatoms. The van der Waals surface area contributed by atoms with E-state index in [4.69, 9.17) is 4.74 Å². The molecule has 2 aromatic rings. The molecule has 1 unspecified atom stereocenters. The van der Waals surface area contributed by atoms with Crippen molar-refractivity contribution in [3.63, 3.8) is 0 Å². The lowest BCUT2D eigenvalue weighted by Crippen LogP contribution is -2.51. The van der Waals surface area contributed by atoms with Crippen molar-refractivity contribution in [2.75, 3.05) is 31.6 Å². The van der Waals surface area contributed by atoms with Crippen LogP contribution in [-0.4, -0.2) is 69.3 Å². The SMILES string of the molecule is C/C=C\C1=C(CC)CN([C@@H]2CCCN(C(=O)Nc3cc4c(=O)n(CC5CCCO5)c(=O)n(C(C)C)c4cc3F)C2)C1=O. The first kappa shape index (κ1) is 29.8. The quantitative estimate of drug-likeness (QED) is 0.528. The number of likely N-dealkylation sites (tertiary alicyclic amines) is 1. The van der Waals surface area contributed by atoms with Gasteiger partial charge >= 0.3 is 11.7 Å². The van der Waals surface area contributed by atoms with Crippen molar-refractivity contribution in [2.45, 2.75) is 84.5 Å². The van der Waals surface area contributed by atoms with E-state index in [0.29, 0.717) is 32.7 Å². The first-order valence-corrected chi connectivity index (χ1v) is 15.0. The van der Waals surface area contributed by atoms with Crippen LogP contribution in [0, 0.1) is 5.82 Å². The predicted molar refractivity (Wildman–Crippen MR) is 159 cm³/mol. The summed E-state index contributed by atoms with van der Waals surface area (Å²) in [6, 6.07) is 1.49. The Morgan fingerprint density at radius 2 is 1.98 bits per heavy atom. The van der Waals surface area contributed by atoms with Crippen LogP contribution in [0.25, 0.3) is 10.9 Å². The molecule has 1 aromatic carbocycles. The van der Waals surface area contributed by atoms with Crippen molar-refractivity contribution in [3.05, 3.63) is 62.1 Å². The molecule has 3 aliphatic rings. The van der Waals surface area contributed by atoms with Crippen LogP contribution in [0.1, 0.15) is 65.8 Å². The summed E-state index contributed by atoms with van der Waals surface area (Å²) in [5, 5.41) is 2.80. The second-order valence-electron chi connectivity index (χ2n) is 11.6. The Morgan fingerprint density at radius 3 is 2.64 bits per heavy atom. The number of carbonyl (C=O) groups excluding carboxylic acids is 2. The van der Waals surface area contributed by atoms with Gasteiger partial charge in [0.25, 0.3) is 11.5 Å². The number of carbonyl (C=O) groups is 2. The Labute approximate surface area is 244 Å². The van der Waals surface area contributed by atoms with Gasteiger partial charge in [-0.2, -0.15) is 0 Å². The topological polar surface area (TPSA) is 106 Å². The number of allylic oxidation sites excluding steroid dienone is 1. The molecule has 10 nitrogen and oxygen atoms in total. The van der Waals surface area contributed by atoms with Gasteiger partial charge in [0.05, 0.1) is 35.3 Å². The summed E-state index contributed by atoms with van der Waals surface area (Å²) >= 11 is 0. The normalized spacial score (nSPS) is 21.5. The summed E-state index contributed by atoms with van der Waals surface area (Å²) in [5.74, 6) is -0.759. The number of rotatable bonds is 7. The van der Waals surface area contributed by atoms with Crippen molar-refractivity contribution in [1.29, 1.82) is 0 Å². The van der Waals surface area contributed by atoms with Crippen molar-refractivity contribution in [3.8, 4) is 0 Å². The Bertz CT molecular complexity index is 1570. The largest absolute Gasteiger partial charge is 0.376 e. The number of hydrogen-bond acceptors (Lipinski definition) is 5. The van der Waals surface area contributed by atoms with Crippen LogP contribution in [0.4, 0.5) is 14.9 Å². The van der Waals surface area contributed by atoms with Gasteiger partial charge in [-0.15, -0.1) is 0 Å². The number of amides is 3. The highest BCUT2D eigenvalue weighted by Gasteiger charge is 2.36. The Kier molecular flexibility index (Phi) is 8.68. The summed E-state index contributed by atoms with van der Waals surface area (Å²) in [6.07, 6.45) is 7.35. The van der Waals surface area contributed by atoms with Crippen LogP contribution in [-0.2, 0) is 16.1 Å². The molecule has 2 atom stereocenters. The molecule has 5 rings (SSSR count). The van der Waals surface area contributed by atoms with E-state index >= 15 is 4.39 Å². The van der Waals surface area contributed by atoms with E-state index in [2.05, 4.69) is 5.32 Å². The fourth-order valence-corrected chi connectivity index (χ4v) is 6.36. The molecule has 1 N–H and O–H groups in total. The molecule has 0 bridgehead atoms. The number of hydrogen-bond donors (Lipinski definition) is 1. The zero-order valence-corrected chi connectivity index (χ0v) is 24.8. The molecule has 42 heavy (non-hydrogen) atoms. The second-order valence-corrected chi connectivity index (χ2v) is 11.6. The minimum absolute atomic E-state index is 0.0201. The van der Waals surface area contributed by atoms with E-state index in [1.165, 1.54) is 10.6 Å². The molecule has 2 fully saturated rings.